The van der Waals surface area contributed by atoms with Gasteiger partial charge in [0.25, 0.3) is 5.91 Å². The number of hydrogen-bond acceptors (Lipinski definition) is 6. The zero-order chi connectivity index (χ0) is 17.4. The average Bonchev–Trinajstić information content (AvgIpc) is 3.34. The molecule has 0 saturated carbocycles. The molecule has 4 rings (SSSR count). The molecule has 0 radical (unpaired) electrons. The molecular weight excluding hydrogens is 336 g/mol. The third kappa shape index (κ3) is 3.03. The van der Waals surface area contributed by atoms with Gasteiger partial charge in [-0.05, 0) is 19.0 Å². The molecule has 0 bridgehead atoms. The lowest BCUT2D eigenvalue weighted by molar-refractivity contribution is 0.0829. The number of hydrogen-bond donors (Lipinski definition) is 0. The van der Waals surface area contributed by atoms with Crippen LogP contribution in [0.15, 0.2) is 30.2 Å². The van der Waals surface area contributed by atoms with Crippen LogP contribution in [0.5, 0.6) is 0 Å². The van der Waals surface area contributed by atoms with Crippen LogP contribution in [-0.2, 0) is 6.54 Å². The van der Waals surface area contributed by atoms with Gasteiger partial charge < -0.3 is 4.90 Å². The number of aromatic nitrogens is 4. The van der Waals surface area contributed by atoms with Gasteiger partial charge in [0.1, 0.15) is 5.56 Å². The number of thiazole rings is 1. The van der Waals surface area contributed by atoms with Crippen LogP contribution in [0.25, 0.3) is 5.65 Å². The van der Waals surface area contributed by atoms with Crippen molar-refractivity contribution in [2.75, 3.05) is 27.2 Å². The van der Waals surface area contributed by atoms with Gasteiger partial charge in [-0.15, -0.1) is 11.3 Å². The summed E-state index contributed by atoms with van der Waals surface area (Å²) < 4.78 is 1.83. The van der Waals surface area contributed by atoms with E-state index in [4.69, 9.17) is 0 Å². The van der Waals surface area contributed by atoms with Gasteiger partial charge in [0, 0.05) is 50.4 Å². The summed E-state index contributed by atoms with van der Waals surface area (Å²) in [5, 5.41) is 4.45. The molecule has 1 aliphatic heterocycles. The second-order valence-electron chi connectivity index (χ2n) is 6.55. The van der Waals surface area contributed by atoms with Crippen molar-refractivity contribution in [3.8, 4) is 0 Å². The number of fused-ring (bicyclic) bond motifs is 1. The van der Waals surface area contributed by atoms with Crippen LogP contribution in [0.3, 0.4) is 0 Å². The Kier molecular flexibility index (Phi) is 4.22. The summed E-state index contributed by atoms with van der Waals surface area (Å²) in [6.07, 6.45) is 6.42. The predicted molar refractivity (Wildman–Crippen MR) is 95.8 cm³/mol. The average molecular weight is 356 g/mol. The molecule has 1 unspecified atom stereocenters. The lowest BCUT2D eigenvalue weighted by atomic mass is 10.0. The van der Waals surface area contributed by atoms with E-state index in [-0.39, 0.29) is 5.91 Å². The molecule has 0 aromatic carbocycles. The number of carbonyl (C=O) groups excluding carboxylic acids is 1. The number of nitrogens with zero attached hydrogens (tertiary/aromatic N) is 6. The van der Waals surface area contributed by atoms with Crippen molar-refractivity contribution in [3.05, 3.63) is 46.3 Å². The van der Waals surface area contributed by atoms with Gasteiger partial charge in [0.05, 0.1) is 17.4 Å². The Morgan fingerprint density at radius 2 is 2.28 bits per heavy atom. The quantitative estimate of drug-likeness (QED) is 0.714. The molecule has 0 spiro atoms. The smallest absolute Gasteiger partial charge is 0.258 e. The highest BCUT2D eigenvalue weighted by Crippen LogP contribution is 2.29. The Balaban J connectivity index is 1.59. The Morgan fingerprint density at radius 1 is 1.40 bits per heavy atom. The fourth-order valence-corrected chi connectivity index (χ4v) is 4.00. The maximum Gasteiger partial charge on any atom is 0.258 e. The summed E-state index contributed by atoms with van der Waals surface area (Å²) in [5.74, 6) is 0.318. The van der Waals surface area contributed by atoms with E-state index in [1.807, 2.05) is 22.3 Å². The van der Waals surface area contributed by atoms with Crippen molar-refractivity contribution in [1.82, 2.24) is 29.4 Å². The second kappa shape index (κ2) is 6.53. The van der Waals surface area contributed by atoms with Crippen molar-refractivity contribution in [3.63, 3.8) is 0 Å². The van der Waals surface area contributed by atoms with Gasteiger partial charge in [-0.2, -0.15) is 5.10 Å². The molecular formula is C17H20N6OS. The maximum absolute atomic E-state index is 12.3. The normalized spacial score (nSPS) is 18.1. The molecule has 0 N–H and O–H groups in total. The van der Waals surface area contributed by atoms with E-state index in [1.165, 1.54) is 4.88 Å². The monoisotopic (exact) mass is 356 g/mol. The van der Waals surface area contributed by atoms with E-state index >= 15 is 0 Å². The van der Waals surface area contributed by atoms with Crippen LogP contribution in [0.2, 0.25) is 0 Å². The molecule has 25 heavy (non-hydrogen) atoms. The zero-order valence-corrected chi connectivity index (χ0v) is 15.1. The maximum atomic E-state index is 12.3. The fraction of sp³-hybridized carbons (Fsp3) is 0.412. The molecule has 1 amide bonds. The lowest BCUT2D eigenvalue weighted by Crippen LogP contribution is -2.22. The Hall–Kier alpha value is -2.32. The standard InChI is InChI=1S/C17H20N6OS/c1-21(2)17(24)14-8-20-23-15(3-5-19-16(14)23)12-4-6-22(9-12)10-13-7-18-11-25-13/h3,5,7-8,11-12H,4,6,9-10H2,1-2H3. The minimum Gasteiger partial charge on any atom is -0.345 e. The van der Waals surface area contributed by atoms with Crippen molar-refractivity contribution >= 4 is 22.9 Å². The first-order valence-electron chi connectivity index (χ1n) is 8.27. The highest BCUT2D eigenvalue weighted by molar-refractivity contribution is 7.09. The number of amides is 1. The third-order valence-corrected chi connectivity index (χ3v) is 5.39. The number of rotatable bonds is 4. The Bertz CT molecular complexity index is 888. The summed E-state index contributed by atoms with van der Waals surface area (Å²) in [7, 11) is 3.48. The first-order valence-corrected chi connectivity index (χ1v) is 9.15. The number of carbonyl (C=O) groups is 1. The first kappa shape index (κ1) is 16.2. The topological polar surface area (TPSA) is 66.6 Å². The molecule has 0 aliphatic carbocycles. The van der Waals surface area contributed by atoms with E-state index in [1.54, 1.807) is 42.7 Å². The molecule has 130 valence electrons. The molecule has 1 fully saturated rings. The molecule has 8 heteroatoms. The molecule has 1 saturated heterocycles. The van der Waals surface area contributed by atoms with Crippen LogP contribution in [-0.4, -0.2) is 62.5 Å². The van der Waals surface area contributed by atoms with E-state index in [0.29, 0.717) is 17.1 Å². The predicted octanol–water partition coefficient (Wildman–Crippen LogP) is 1.88. The second-order valence-corrected chi connectivity index (χ2v) is 7.52. The summed E-state index contributed by atoms with van der Waals surface area (Å²) >= 11 is 1.70. The minimum atomic E-state index is -0.0714. The van der Waals surface area contributed by atoms with Crippen LogP contribution in [0.4, 0.5) is 0 Å². The van der Waals surface area contributed by atoms with Gasteiger partial charge >= 0.3 is 0 Å². The van der Waals surface area contributed by atoms with Gasteiger partial charge in [-0.3, -0.25) is 14.7 Å². The van der Waals surface area contributed by atoms with Crippen LogP contribution in [0, 0.1) is 0 Å². The third-order valence-electron chi connectivity index (χ3n) is 4.62. The largest absolute Gasteiger partial charge is 0.345 e. The molecule has 3 aromatic rings. The minimum absolute atomic E-state index is 0.0714. The van der Waals surface area contributed by atoms with Crippen molar-refractivity contribution in [1.29, 1.82) is 0 Å². The van der Waals surface area contributed by atoms with E-state index < -0.39 is 0 Å². The SMILES string of the molecule is CN(C)C(=O)c1cnn2c(C3CCN(Cc4cncs4)C3)ccnc12. The van der Waals surface area contributed by atoms with E-state index in [9.17, 15) is 4.79 Å². The molecule has 1 aliphatic rings. The van der Waals surface area contributed by atoms with Gasteiger partial charge in [-0.25, -0.2) is 9.50 Å². The van der Waals surface area contributed by atoms with Crippen molar-refractivity contribution in [2.45, 2.75) is 18.9 Å². The summed E-state index contributed by atoms with van der Waals surface area (Å²) in [6, 6.07) is 2.02. The Labute approximate surface area is 149 Å². The van der Waals surface area contributed by atoms with Crippen molar-refractivity contribution < 1.29 is 4.79 Å². The summed E-state index contributed by atoms with van der Waals surface area (Å²) in [5.41, 5.74) is 4.18. The van der Waals surface area contributed by atoms with E-state index in [2.05, 4.69) is 20.0 Å². The molecule has 7 nitrogen and oxygen atoms in total. The number of likely N-dealkylation sites (tertiary alicyclic amines) is 1. The lowest BCUT2D eigenvalue weighted by Gasteiger charge is -2.15. The molecule has 4 heterocycles. The van der Waals surface area contributed by atoms with E-state index in [0.717, 1.165) is 31.7 Å². The van der Waals surface area contributed by atoms with Crippen LogP contribution < -0.4 is 0 Å². The Morgan fingerprint density at radius 3 is 3.04 bits per heavy atom. The molecule has 1 atom stereocenters. The van der Waals surface area contributed by atoms with Crippen LogP contribution >= 0.6 is 11.3 Å². The fourth-order valence-electron chi connectivity index (χ4n) is 3.37. The highest BCUT2D eigenvalue weighted by atomic mass is 32.1. The zero-order valence-electron chi connectivity index (χ0n) is 14.3. The van der Waals surface area contributed by atoms with Crippen molar-refractivity contribution in [2.24, 2.45) is 0 Å². The highest BCUT2D eigenvalue weighted by Gasteiger charge is 2.27. The summed E-state index contributed by atoms with van der Waals surface area (Å²) in [6.45, 7) is 2.98. The van der Waals surface area contributed by atoms with Gasteiger partial charge in [-0.1, -0.05) is 0 Å². The van der Waals surface area contributed by atoms with Gasteiger partial charge in [0.15, 0.2) is 5.65 Å². The van der Waals surface area contributed by atoms with Gasteiger partial charge in [0.2, 0.25) is 0 Å². The molecule has 3 aromatic heterocycles. The summed E-state index contributed by atoms with van der Waals surface area (Å²) in [4.78, 5) is 26.1. The first-order chi connectivity index (χ1) is 12.1. The van der Waals surface area contributed by atoms with Crippen LogP contribution in [0.1, 0.15) is 33.3 Å².